The average Bonchev–Trinajstić information content (AvgIpc) is 2.51. The van der Waals surface area contributed by atoms with Crippen molar-refractivity contribution in [2.75, 3.05) is 0 Å². The molecule has 1 aromatic heterocycles. The van der Waals surface area contributed by atoms with Gasteiger partial charge in [0.1, 0.15) is 5.82 Å². The van der Waals surface area contributed by atoms with E-state index in [4.69, 9.17) is 0 Å². The van der Waals surface area contributed by atoms with Crippen LogP contribution in [0.5, 0.6) is 0 Å². The predicted molar refractivity (Wildman–Crippen MR) is 65.7 cm³/mol. The molecule has 0 fully saturated rings. The Hall–Kier alpha value is -0.750. The first-order chi connectivity index (χ1) is 7.56. The molecule has 2 rings (SSSR count). The third kappa shape index (κ3) is 2.49. The molecule has 0 saturated carbocycles. The Balaban J connectivity index is 2.27. The zero-order valence-corrected chi connectivity index (χ0v) is 11.6. The summed E-state index contributed by atoms with van der Waals surface area (Å²) in [4.78, 5) is 4.04. The van der Waals surface area contributed by atoms with Gasteiger partial charge in [-0.15, -0.1) is 5.10 Å². The molecule has 0 radical (unpaired) electrons. The molecule has 16 heavy (non-hydrogen) atoms. The van der Waals surface area contributed by atoms with Crippen LogP contribution in [0, 0.1) is 12.7 Å². The first-order valence-corrected chi connectivity index (χ1v) is 6.16. The van der Waals surface area contributed by atoms with Gasteiger partial charge in [-0.1, -0.05) is 12.1 Å². The molecule has 0 spiro atoms. The maximum atomic E-state index is 13.3. The van der Waals surface area contributed by atoms with Gasteiger partial charge in [-0.25, -0.2) is 9.07 Å². The summed E-state index contributed by atoms with van der Waals surface area (Å²) < 4.78 is 16.1. The van der Waals surface area contributed by atoms with E-state index in [1.807, 2.05) is 6.07 Å². The quantitative estimate of drug-likeness (QED) is 0.833. The fourth-order valence-corrected chi connectivity index (χ4v) is 2.28. The van der Waals surface area contributed by atoms with Crippen LogP contribution in [-0.2, 0) is 6.54 Å². The van der Waals surface area contributed by atoms with Gasteiger partial charge in [-0.05, 0) is 56.0 Å². The normalized spacial score (nSPS) is 10.8. The minimum Gasteiger partial charge on any atom is -0.235 e. The number of aromatic nitrogens is 3. The summed E-state index contributed by atoms with van der Waals surface area (Å²) in [6.07, 6.45) is 0. The van der Waals surface area contributed by atoms with Gasteiger partial charge in [0.2, 0.25) is 4.73 Å². The maximum Gasteiger partial charge on any atom is 0.218 e. The van der Waals surface area contributed by atoms with E-state index in [1.165, 1.54) is 6.07 Å². The van der Waals surface area contributed by atoms with Crippen LogP contribution in [0.1, 0.15) is 11.1 Å². The number of hydrogen-bond acceptors (Lipinski definition) is 2. The molecule has 0 atom stereocenters. The molecule has 3 nitrogen and oxygen atoms in total. The lowest BCUT2D eigenvalue weighted by Crippen LogP contribution is -2.02. The summed E-state index contributed by atoms with van der Waals surface area (Å²) in [5.74, 6) is -0.201. The largest absolute Gasteiger partial charge is 0.235 e. The Morgan fingerprint density at radius 3 is 2.69 bits per heavy atom. The Kier molecular flexibility index (Phi) is 3.39. The van der Waals surface area contributed by atoms with E-state index in [-0.39, 0.29) is 5.82 Å². The van der Waals surface area contributed by atoms with E-state index in [9.17, 15) is 4.39 Å². The van der Waals surface area contributed by atoms with Gasteiger partial charge in [0, 0.05) is 0 Å². The summed E-state index contributed by atoms with van der Waals surface area (Å²) >= 11 is 6.45. The molecule has 0 bridgehead atoms. The number of hydrogen-bond donors (Lipinski definition) is 0. The lowest BCUT2D eigenvalue weighted by molar-refractivity contribution is 0.608. The van der Waals surface area contributed by atoms with Crippen LogP contribution in [0.25, 0.3) is 0 Å². The standard InChI is InChI=1S/C10H8Br2FN3/c1-6-2-3-7(4-8(6)13)5-16-10(12)14-9(11)15-16/h2-4H,5H2,1H3. The lowest BCUT2D eigenvalue weighted by atomic mass is 10.1. The molecule has 0 aliphatic heterocycles. The number of halogens is 3. The van der Waals surface area contributed by atoms with Crippen molar-refractivity contribution in [1.29, 1.82) is 0 Å². The van der Waals surface area contributed by atoms with Gasteiger partial charge in [0.25, 0.3) is 0 Å². The van der Waals surface area contributed by atoms with Crippen molar-refractivity contribution < 1.29 is 4.39 Å². The topological polar surface area (TPSA) is 30.7 Å². The molecule has 0 unspecified atom stereocenters. The van der Waals surface area contributed by atoms with Gasteiger partial charge in [0.15, 0.2) is 4.73 Å². The Morgan fingerprint density at radius 1 is 1.38 bits per heavy atom. The molecule has 0 aliphatic rings. The van der Waals surface area contributed by atoms with E-state index in [0.717, 1.165) is 5.56 Å². The SMILES string of the molecule is Cc1ccc(Cn2nc(Br)nc2Br)cc1F. The molecule has 2 aromatic rings. The van der Waals surface area contributed by atoms with Crippen LogP contribution >= 0.6 is 31.9 Å². The van der Waals surface area contributed by atoms with E-state index < -0.39 is 0 Å². The van der Waals surface area contributed by atoms with Crippen LogP contribution in [0.2, 0.25) is 0 Å². The second-order valence-corrected chi connectivity index (χ2v) is 4.81. The second kappa shape index (κ2) is 4.63. The van der Waals surface area contributed by atoms with E-state index in [2.05, 4.69) is 41.9 Å². The van der Waals surface area contributed by atoms with Crippen molar-refractivity contribution in [3.63, 3.8) is 0 Å². The van der Waals surface area contributed by atoms with Crippen molar-refractivity contribution >= 4 is 31.9 Å². The molecule has 0 N–H and O–H groups in total. The number of nitrogens with zero attached hydrogens (tertiary/aromatic N) is 3. The third-order valence-corrected chi connectivity index (χ3v) is 3.09. The fourth-order valence-electron chi connectivity index (χ4n) is 1.31. The lowest BCUT2D eigenvalue weighted by Gasteiger charge is -2.04. The molecule has 1 heterocycles. The molecule has 0 aliphatic carbocycles. The van der Waals surface area contributed by atoms with Crippen molar-refractivity contribution in [3.05, 3.63) is 44.6 Å². The third-order valence-electron chi connectivity index (χ3n) is 2.17. The first kappa shape index (κ1) is 11.7. The van der Waals surface area contributed by atoms with Crippen LogP contribution in [0.4, 0.5) is 4.39 Å². The summed E-state index contributed by atoms with van der Waals surface area (Å²) in [6, 6.07) is 5.14. The minimum atomic E-state index is -0.201. The number of aryl methyl sites for hydroxylation is 1. The zero-order chi connectivity index (χ0) is 11.7. The summed E-state index contributed by atoms with van der Waals surface area (Å²) in [7, 11) is 0. The Labute approximate surface area is 109 Å². The summed E-state index contributed by atoms with van der Waals surface area (Å²) in [6.45, 7) is 2.22. The monoisotopic (exact) mass is 347 g/mol. The number of benzene rings is 1. The fraction of sp³-hybridized carbons (Fsp3) is 0.200. The smallest absolute Gasteiger partial charge is 0.218 e. The van der Waals surface area contributed by atoms with Crippen LogP contribution in [-0.4, -0.2) is 14.8 Å². The van der Waals surface area contributed by atoms with E-state index in [1.54, 1.807) is 17.7 Å². The molecule has 6 heteroatoms. The highest BCUT2D eigenvalue weighted by Crippen LogP contribution is 2.15. The predicted octanol–water partition coefficient (Wildman–Crippen LogP) is 3.30. The summed E-state index contributed by atoms with van der Waals surface area (Å²) in [5.41, 5.74) is 1.49. The van der Waals surface area contributed by atoms with Crippen molar-refractivity contribution in [1.82, 2.24) is 14.8 Å². The van der Waals surface area contributed by atoms with E-state index >= 15 is 0 Å². The number of rotatable bonds is 2. The second-order valence-electron chi connectivity index (χ2n) is 3.39. The molecular formula is C10H8Br2FN3. The van der Waals surface area contributed by atoms with E-state index in [0.29, 0.717) is 21.6 Å². The van der Waals surface area contributed by atoms with Crippen LogP contribution < -0.4 is 0 Å². The van der Waals surface area contributed by atoms with Crippen molar-refractivity contribution in [2.24, 2.45) is 0 Å². The maximum absolute atomic E-state index is 13.3. The van der Waals surface area contributed by atoms with Crippen LogP contribution in [0.15, 0.2) is 27.7 Å². The zero-order valence-electron chi connectivity index (χ0n) is 8.41. The Bertz CT molecular complexity index is 525. The van der Waals surface area contributed by atoms with Crippen molar-refractivity contribution in [3.8, 4) is 0 Å². The highest BCUT2D eigenvalue weighted by atomic mass is 79.9. The van der Waals surface area contributed by atoms with Crippen LogP contribution in [0.3, 0.4) is 0 Å². The molecular weight excluding hydrogens is 341 g/mol. The summed E-state index contributed by atoms with van der Waals surface area (Å²) in [5, 5.41) is 4.11. The van der Waals surface area contributed by atoms with Gasteiger partial charge < -0.3 is 0 Å². The van der Waals surface area contributed by atoms with Gasteiger partial charge >= 0.3 is 0 Å². The molecule has 0 saturated heterocycles. The average molecular weight is 349 g/mol. The molecule has 1 aromatic carbocycles. The molecule has 0 amide bonds. The first-order valence-electron chi connectivity index (χ1n) is 4.57. The van der Waals surface area contributed by atoms with Crippen molar-refractivity contribution in [2.45, 2.75) is 13.5 Å². The molecule has 84 valence electrons. The highest BCUT2D eigenvalue weighted by Gasteiger charge is 2.06. The van der Waals surface area contributed by atoms with Gasteiger partial charge in [-0.3, -0.25) is 0 Å². The van der Waals surface area contributed by atoms with Gasteiger partial charge in [0.05, 0.1) is 6.54 Å². The van der Waals surface area contributed by atoms with Gasteiger partial charge in [-0.2, -0.15) is 4.98 Å². The highest BCUT2D eigenvalue weighted by molar-refractivity contribution is 9.11. The minimum absolute atomic E-state index is 0.201. The Morgan fingerprint density at radius 2 is 2.12 bits per heavy atom.